The van der Waals surface area contributed by atoms with Gasteiger partial charge in [-0.05, 0) is 19.0 Å². The lowest BCUT2D eigenvalue weighted by Crippen LogP contribution is -2.30. The van der Waals surface area contributed by atoms with E-state index in [1.54, 1.807) is 0 Å². The smallest absolute Gasteiger partial charge is 0.143 e. The van der Waals surface area contributed by atoms with Crippen LogP contribution in [0.25, 0.3) is 0 Å². The maximum atomic E-state index is 6.10. The zero-order chi connectivity index (χ0) is 10.8. The van der Waals surface area contributed by atoms with Gasteiger partial charge in [-0.1, -0.05) is 37.6 Å². The molecule has 15 heavy (non-hydrogen) atoms. The van der Waals surface area contributed by atoms with Gasteiger partial charge in [0.05, 0.1) is 11.1 Å². The molecule has 1 aromatic carbocycles. The third-order valence-corrected chi connectivity index (χ3v) is 3.10. The molecule has 0 amide bonds. The monoisotopic (exact) mass is 225 g/mol. The zero-order valence-electron chi connectivity index (χ0n) is 9.09. The first-order chi connectivity index (χ1) is 7.27. The fourth-order valence-electron chi connectivity index (χ4n) is 2.09. The van der Waals surface area contributed by atoms with Crippen LogP contribution in [0.3, 0.4) is 0 Å². The summed E-state index contributed by atoms with van der Waals surface area (Å²) in [6, 6.07) is 6.23. The van der Waals surface area contributed by atoms with Gasteiger partial charge in [0.1, 0.15) is 11.9 Å². The van der Waals surface area contributed by atoms with Gasteiger partial charge in [0.2, 0.25) is 0 Å². The Hall–Kier alpha value is -0.730. The minimum Gasteiger partial charge on any atom is -0.487 e. The summed E-state index contributed by atoms with van der Waals surface area (Å²) in [7, 11) is 0. The summed E-state index contributed by atoms with van der Waals surface area (Å²) in [5, 5.41) is 4.16. The van der Waals surface area contributed by atoms with Crippen molar-refractivity contribution in [1.82, 2.24) is 5.32 Å². The van der Waals surface area contributed by atoms with Crippen LogP contribution in [0, 0.1) is 0 Å². The van der Waals surface area contributed by atoms with Gasteiger partial charge in [0, 0.05) is 5.56 Å². The van der Waals surface area contributed by atoms with Crippen LogP contribution in [0.15, 0.2) is 18.2 Å². The summed E-state index contributed by atoms with van der Waals surface area (Å²) in [4.78, 5) is 0. The number of fused-ring (bicyclic) bond motifs is 1. The lowest BCUT2D eigenvalue weighted by molar-refractivity contribution is 0.186. The van der Waals surface area contributed by atoms with Crippen LogP contribution in [0.2, 0.25) is 5.02 Å². The quantitative estimate of drug-likeness (QED) is 0.853. The molecule has 0 radical (unpaired) electrons. The first-order valence-electron chi connectivity index (χ1n) is 5.46. The van der Waals surface area contributed by atoms with Crippen LogP contribution < -0.4 is 10.1 Å². The van der Waals surface area contributed by atoms with Gasteiger partial charge in [0.25, 0.3) is 0 Å². The Morgan fingerprint density at radius 1 is 1.40 bits per heavy atom. The van der Waals surface area contributed by atoms with E-state index in [0.29, 0.717) is 5.02 Å². The number of ether oxygens (including phenoxy) is 1. The van der Waals surface area contributed by atoms with E-state index in [-0.39, 0.29) is 12.1 Å². The highest BCUT2D eigenvalue weighted by Crippen LogP contribution is 2.42. The van der Waals surface area contributed by atoms with Crippen molar-refractivity contribution in [1.29, 1.82) is 0 Å². The molecular formula is C12H16ClNO. The number of halogens is 1. The Balaban J connectivity index is 2.35. The van der Waals surface area contributed by atoms with Crippen LogP contribution >= 0.6 is 11.6 Å². The highest BCUT2D eigenvalue weighted by Gasteiger charge is 2.33. The normalized spacial score (nSPS) is 23.7. The highest BCUT2D eigenvalue weighted by atomic mass is 35.5. The van der Waals surface area contributed by atoms with Crippen LogP contribution in [-0.4, -0.2) is 12.6 Å². The number of hydrogen-bond donors (Lipinski definition) is 1. The van der Waals surface area contributed by atoms with E-state index in [9.17, 15) is 0 Å². The Morgan fingerprint density at radius 2 is 2.20 bits per heavy atom. The number of hydrogen-bond acceptors (Lipinski definition) is 2. The summed E-state index contributed by atoms with van der Waals surface area (Å²) in [5.41, 5.74) is 1.19. The van der Waals surface area contributed by atoms with Crippen molar-refractivity contribution in [2.24, 2.45) is 0 Å². The average Bonchev–Trinajstić information content (AvgIpc) is 2.59. The Morgan fingerprint density at radius 3 is 2.87 bits per heavy atom. The molecule has 1 aromatic rings. The summed E-state index contributed by atoms with van der Waals surface area (Å²) in [6.07, 6.45) is 1.20. The molecule has 1 aliphatic heterocycles. The summed E-state index contributed by atoms with van der Waals surface area (Å²) >= 11 is 6.10. The Bertz CT molecular complexity index is 353. The second kappa shape index (κ2) is 4.42. The van der Waals surface area contributed by atoms with E-state index in [2.05, 4.69) is 25.2 Å². The van der Waals surface area contributed by atoms with E-state index in [4.69, 9.17) is 16.3 Å². The molecule has 2 rings (SSSR count). The minimum atomic E-state index is 0.208. The first-order valence-corrected chi connectivity index (χ1v) is 5.84. The van der Waals surface area contributed by atoms with E-state index >= 15 is 0 Å². The van der Waals surface area contributed by atoms with E-state index < -0.39 is 0 Å². The molecule has 0 aromatic heterocycles. The second-order valence-electron chi connectivity index (χ2n) is 3.76. The van der Waals surface area contributed by atoms with Gasteiger partial charge < -0.3 is 10.1 Å². The van der Waals surface area contributed by atoms with Gasteiger partial charge in [-0.3, -0.25) is 0 Å². The number of nitrogens with one attached hydrogen (secondary N) is 1. The lowest BCUT2D eigenvalue weighted by atomic mass is 10.0. The zero-order valence-corrected chi connectivity index (χ0v) is 9.84. The van der Waals surface area contributed by atoms with Crippen LogP contribution in [-0.2, 0) is 0 Å². The molecule has 0 spiro atoms. The molecule has 2 atom stereocenters. The van der Waals surface area contributed by atoms with E-state index in [1.807, 2.05) is 12.1 Å². The molecule has 0 aliphatic carbocycles. The molecule has 3 heteroatoms. The average molecular weight is 226 g/mol. The molecule has 2 nitrogen and oxygen atoms in total. The fraction of sp³-hybridized carbons (Fsp3) is 0.500. The van der Waals surface area contributed by atoms with Crippen molar-refractivity contribution < 1.29 is 4.74 Å². The SMILES string of the molecule is CCNC1c2cccc(Cl)c2OC1CC. The molecule has 82 valence electrons. The third kappa shape index (κ3) is 1.84. The lowest BCUT2D eigenvalue weighted by Gasteiger charge is -2.17. The molecule has 1 aliphatic rings. The van der Waals surface area contributed by atoms with Gasteiger partial charge in [-0.25, -0.2) is 0 Å². The van der Waals surface area contributed by atoms with Crippen LogP contribution in [0.5, 0.6) is 5.75 Å². The largest absolute Gasteiger partial charge is 0.487 e. The summed E-state index contributed by atoms with van der Waals surface area (Å²) in [5.74, 6) is 0.858. The number of likely N-dealkylation sites (N-methyl/N-ethyl adjacent to an activating group) is 1. The van der Waals surface area contributed by atoms with Crippen LogP contribution in [0.1, 0.15) is 31.9 Å². The standard InChI is InChI=1S/C12H16ClNO/c1-3-10-11(14-4-2)8-6-5-7-9(13)12(8)15-10/h5-7,10-11,14H,3-4H2,1-2H3. The molecule has 1 heterocycles. The Kier molecular flexibility index (Phi) is 3.17. The van der Waals surface area contributed by atoms with Crippen molar-refractivity contribution in [3.63, 3.8) is 0 Å². The van der Waals surface area contributed by atoms with Crippen molar-refractivity contribution in [2.75, 3.05) is 6.54 Å². The molecule has 1 N–H and O–H groups in total. The molecule has 0 fully saturated rings. The van der Waals surface area contributed by atoms with E-state index in [0.717, 1.165) is 18.7 Å². The topological polar surface area (TPSA) is 21.3 Å². The molecule has 0 saturated carbocycles. The van der Waals surface area contributed by atoms with E-state index in [1.165, 1.54) is 5.56 Å². The van der Waals surface area contributed by atoms with Gasteiger partial charge in [0.15, 0.2) is 0 Å². The second-order valence-corrected chi connectivity index (χ2v) is 4.17. The molecule has 0 bridgehead atoms. The predicted molar refractivity (Wildman–Crippen MR) is 62.6 cm³/mol. The molecule has 2 unspecified atom stereocenters. The van der Waals surface area contributed by atoms with Crippen molar-refractivity contribution >= 4 is 11.6 Å². The minimum absolute atomic E-state index is 0.208. The third-order valence-electron chi connectivity index (χ3n) is 2.80. The van der Waals surface area contributed by atoms with Gasteiger partial charge in [-0.2, -0.15) is 0 Å². The summed E-state index contributed by atoms with van der Waals surface area (Å²) < 4.78 is 5.86. The number of rotatable bonds is 3. The molecular weight excluding hydrogens is 210 g/mol. The summed E-state index contributed by atoms with van der Waals surface area (Å²) in [6.45, 7) is 5.18. The maximum Gasteiger partial charge on any atom is 0.143 e. The van der Waals surface area contributed by atoms with Crippen molar-refractivity contribution in [3.05, 3.63) is 28.8 Å². The Labute approximate surface area is 95.6 Å². The predicted octanol–water partition coefficient (Wildman–Crippen LogP) is 3.16. The molecule has 0 saturated heterocycles. The maximum absolute atomic E-state index is 6.10. The van der Waals surface area contributed by atoms with Gasteiger partial charge in [-0.15, -0.1) is 0 Å². The highest BCUT2D eigenvalue weighted by molar-refractivity contribution is 6.32. The van der Waals surface area contributed by atoms with Crippen LogP contribution in [0.4, 0.5) is 0 Å². The first kappa shape index (κ1) is 10.8. The van der Waals surface area contributed by atoms with Gasteiger partial charge >= 0.3 is 0 Å². The van der Waals surface area contributed by atoms with Crippen molar-refractivity contribution in [2.45, 2.75) is 32.4 Å². The fourth-order valence-corrected chi connectivity index (χ4v) is 2.32. The number of benzene rings is 1. The van der Waals surface area contributed by atoms with Crippen molar-refractivity contribution in [3.8, 4) is 5.75 Å². The number of para-hydroxylation sites is 1.